The van der Waals surface area contributed by atoms with E-state index in [1.54, 1.807) is 11.0 Å². The second-order valence-corrected chi connectivity index (χ2v) is 5.43. The number of aliphatic carboxylic acids is 1. The number of benzene rings is 1. The number of para-hydroxylation sites is 1. The van der Waals surface area contributed by atoms with Crippen LogP contribution in [0.25, 0.3) is 0 Å². The molecule has 0 fully saturated rings. The van der Waals surface area contributed by atoms with Crippen LogP contribution in [0, 0.1) is 11.8 Å². The van der Waals surface area contributed by atoms with E-state index in [1.165, 1.54) is 0 Å². The summed E-state index contributed by atoms with van der Waals surface area (Å²) in [7, 11) is 0. The van der Waals surface area contributed by atoms with E-state index in [2.05, 4.69) is 0 Å². The molecule has 1 heterocycles. The molecule has 4 nitrogen and oxygen atoms in total. The number of fused-ring (bicyclic) bond motifs is 1. The Kier molecular flexibility index (Phi) is 3.60. The van der Waals surface area contributed by atoms with Gasteiger partial charge in [-0.25, -0.2) is 0 Å². The molecule has 0 spiro atoms. The van der Waals surface area contributed by atoms with Crippen molar-refractivity contribution in [3.05, 3.63) is 29.8 Å². The van der Waals surface area contributed by atoms with Gasteiger partial charge in [0, 0.05) is 18.2 Å². The van der Waals surface area contributed by atoms with Gasteiger partial charge in [-0.3, -0.25) is 9.59 Å². The van der Waals surface area contributed by atoms with Crippen molar-refractivity contribution >= 4 is 17.6 Å². The Morgan fingerprint density at radius 3 is 2.47 bits per heavy atom. The number of amides is 1. The summed E-state index contributed by atoms with van der Waals surface area (Å²) in [5, 5.41) is 9.27. The second-order valence-electron chi connectivity index (χ2n) is 5.43. The minimum atomic E-state index is -0.875. The van der Waals surface area contributed by atoms with Crippen LogP contribution in [-0.2, 0) is 9.59 Å². The fourth-order valence-corrected chi connectivity index (χ4v) is 2.36. The van der Waals surface area contributed by atoms with Gasteiger partial charge in [-0.1, -0.05) is 39.0 Å². The maximum absolute atomic E-state index is 12.5. The summed E-state index contributed by atoms with van der Waals surface area (Å²) in [6.07, 6.45) is 0. The van der Waals surface area contributed by atoms with Gasteiger partial charge >= 0.3 is 5.97 Å². The molecule has 4 heteroatoms. The van der Waals surface area contributed by atoms with E-state index >= 15 is 0 Å². The molecule has 19 heavy (non-hydrogen) atoms. The Bertz CT molecular complexity index is 510. The van der Waals surface area contributed by atoms with Crippen molar-refractivity contribution in [2.45, 2.75) is 26.7 Å². The van der Waals surface area contributed by atoms with Gasteiger partial charge in [0.1, 0.15) is 5.92 Å². The van der Waals surface area contributed by atoms with E-state index in [0.29, 0.717) is 0 Å². The van der Waals surface area contributed by atoms with E-state index in [0.717, 1.165) is 11.3 Å². The highest BCUT2D eigenvalue weighted by molar-refractivity contribution is 6.00. The number of carbonyl (C=O) groups is 2. The maximum atomic E-state index is 12.5. The number of hydrogen-bond acceptors (Lipinski definition) is 2. The Hall–Kier alpha value is -1.84. The molecule has 102 valence electrons. The van der Waals surface area contributed by atoms with Crippen molar-refractivity contribution in [1.82, 2.24) is 0 Å². The highest BCUT2D eigenvalue weighted by Crippen LogP contribution is 2.37. The quantitative estimate of drug-likeness (QED) is 0.909. The van der Waals surface area contributed by atoms with E-state index in [4.69, 9.17) is 0 Å². The molecular weight excluding hydrogens is 242 g/mol. The number of carbonyl (C=O) groups excluding carboxylic acids is 1. The van der Waals surface area contributed by atoms with Gasteiger partial charge in [-0.2, -0.15) is 0 Å². The van der Waals surface area contributed by atoms with Crippen LogP contribution >= 0.6 is 0 Å². The Labute approximate surface area is 113 Å². The fourth-order valence-electron chi connectivity index (χ4n) is 2.36. The van der Waals surface area contributed by atoms with Gasteiger partial charge in [0.2, 0.25) is 5.91 Å². The number of nitrogens with zero attached hydrogens (tertiary/aromatic N) is 1. The van der Waals surface area contributed by atoms with Gasteiger partial charge in [0.05, 0.1) is 0 Å². The summed E-state index contributed by atoms with van der Waals surface area (Å²) in [4.78, 5) is 25.4. The predicted molar refractivity (Wildman–Crippen MR) is 73.2 cm³/mol. The van der Waals surface area contributed by atoms with Crippen molar-refractivity contribution in [2.24, 2.45) is 11.8 Å². The number of carboxylic acids is 1. The topological polar surface area (TPSA) is 57.6 Å². The lowest BCUT2D eigenvalue weighted by Gasteiger charge is -2.23. The average Bonchev–Trinajstić information content (AvgIpc) is 2.76. The minimum Gasteiger partial charge on any atom is -0.481 e. The van der Waals surface area contributed by atoms with Crippen LogP contribution in [0.2, 0.25) is 0 Å². The number of carboxylic acid groups (broad SMARTS) is 1. The lowest BCUT2D eigenvalue weighted by Crippen LogP contribution is -2.37. The standard InChI is InChI=1S/C15H19NO3/c1-9(2)10(3)14(17)16-8-12(15(18)19)11-6-4-5-7-13(11)16/h4-7,9-10,12H,8H2,1-3H3,(H,18,19)/t10-,12+/m0/s1. The number of rotatable bonds is 3. The maximum Gasteiger partial charge on any atom is 0.312 e. The first-order chi connectivity index (χ1) is 8.93. The van der Waals surface area contributed by atoms with E-state index in [9.17, 15) is 14.7 Å². The molecule has 2 rings (SSSR count). The predicted octanol–water partition coefficient (Wildman–Crippen LogP) is 2.49. The molecule has 0 saturated heterocycles. The first kappa shape index (κ1) is 13.6. The third-order valence-corrected chi connectivity index (χ3v) is 3.92. The molecule has 0 unspecified atom stereocenters. The lowest BCUT2D eigenvalue weighted by molar-refractivity contribution is -0.138. The minimum absolute atomic E-state index is 0.00574. The zero-order chi connectivity index (χ0) is 14.2. The van der Waals surface area contributed by atoms with Crippen LogP contribution in [0.5, 0.6) is 0 Å². The largest absolute Gasteiger partial charge is 0.481 e. The normalized spacial score (nSPS) is 19.4. The monoisotopic (exact) mass is 261 g/mol. The molecule has 2 atom stereocenters. The smallest absolute Gasteiger partial charge is 0.312 e. The van der Waals surface area contributed by atoms with E-state index in [-0.39, 0.29) is 24.3 Å². The van der Waals surface area contributed by atoms with Crippen LogP contribution < -0.4 is 4.90 Å². The van der Waals surface area contributed by atoms with Crippen LogP contribution in [0.3, 0.4) is 0 Å². The molecule has 1 aliphatic heterocycles. The highest BCUT2D eigenvalue weighted by atomic mass is 16.4. The third kappa shape index (κ3) is 2.35. The van der Waals surface area contributed by atoms with Crippen LogP contribution in [0.1, 0.15) is 32.3 Å². The SMILES string of the molecule is CC(C)[C@H](C)C(=O)N1C[C@@H](C(=O)O)c2ccccc21. The van der Waals surface area contributed by atoms with Crippen LogP contribution in [0.15, 0.2) is 24.3 Å². The summed E-state index contributed by atoms with van der Waals surface area (Å²) in [5.41, 5.74) is 1.48. The summed E-state index contributed by atoms with van der Waals surface area (Å²) >= 11 is 0. The summed E-state index contributed by atoms with van der Waals surface area (Å²) in [6.45, 7) is 6.13. The molecule has 1 amide bonds. The zero-order valence-corrected chi connectivity index (χ0v) is 11.5. The van der Waals surface area contributed by atoms with Crippen molar-refractivity contribution in [3.8, 4) is 0 Å². The molecule has 1 aromatic carbocycles. The van der Waals surface area contributed by atoms with Gasteiger partial charge < -0.3 is 10.0 Å². The van der Waals surface area contributed by atoms with Crippen molar-refractivity contribution < 1.29 is 14.7 Å². The van der Waals surface area contributed by atoms with Crippen molar-refractivity contribution in [2.75, 3.05) is 11.4 Å². The molecule has 0 aliphatic carbocycles. The fraction of sp³-hybridized carbons (Fsp3) is 0.467. The third-order valence-electron chi connectivity index (χ3n) is 3.92. The Morgan fingerprint density at radius 2 is 1.89 bits per heavy atom. The average molecular weight is 261 g/mol. The first-order valence-corrected chi connectivity index (χ1v) is 6.56. The second kappa shape index (κ2) is 5.03. The van der Waals surface area contributed by atoms with Crippen LogP contribution in [0.4, 0.5) is 5.69 Å². The van der Waals surface area contributed by atoms with Gasteiger partial charge in [-0.05, 0) is 17.5 Å². The summed E-state index contributed by atoms with van der Waals surface area (Å²) in [5.74, 6) is -1.35. The highest BCUT2D eigenvalue weighted by Gasteiger charge is 2.37. The number of anilines is 1. The molecule has 0 radical (unpaired) electrons. The van der Waals surface area contributed by atoms with E-state index < -0.39 is 11.9 Å². The first-order valence-electron chi connectivity index (χ1n) is 6.56. The van der Waals surface area contributed by atoms with Gasteiger partial charge in [0.15, 0.2) is 0 Å². The molecule has 1 aliphatic rings. The summed E-state index contributed by atoms with van der Waals surface area (Å²) < 4.78 is 0. The van der Waals surface area contributed by atoms with Gasteiger partial charge in [-0.15, -0.1) is 0 Å². The molecule has 1 N–H and O–H groups in total. The summed E-state index contributed by atoms with van der Waals surface area (Å²) in [6, 6.07) is 7.27. The van der Waals surface area contributed by atoms with Crippen LogP contribution in [-0.4, -0.2) is 23.5 Å². The molecular formula is C15H19NO3. The molecule has 0 saturated carbocycles. The van der Waals surface area contributed by atoms with Gasteiger partial charge in [0.25, 0.3) is 0 Å². The van der Waals surface area contributed by atoms with E-state index in [1.807, 2.05) is 39.0 Å². The zero-order valence-electron chi connectivity index (χ0n) is 11.5. The Balaban J connectivity index is 2.35. The van der Waals surface area contributed by atoms with Crippen molar-refractivity contribution in [1.29, 1.82) is 0 Å². The molecule has 0 aromatic heterocycles. The molecule has 0 bridgehead atoms. The molecule has 1 aromatic rings. The lowest BCUT2D eigenvalue weighted by atomic mass is 9.96. The Morgan fingerprint density at radius 1 is 1.26 bits per heavy atom. The van der Waals surface area contributed by atoms with Crippen molar-refractivity contribution in [3.63, 3.8) is 0 Å². The number of hydrogen-bond donors (Lipinski definition) is 1.